The number of anilines is 1. The van der Waals surface area contributed by atoms with E-state index in [0.29, 0.717) is 5.75 Å². The van der Waals surface area contributed by atoms with E-state index in [-0.39, 0.29) is 5.69 Å². The maximum atomic E-state index is 13.9. The van der Waals surface area contributed by atoms with Crippen molar-refractivity contribution >= 4 is 17.6 Å². The van der Waals surface area contributed by atoms with Gasteiger partial charge in [0.1, 0.15) is 11.3 Å². The molecule has 0 aliphatic heterocycles. The van der Waals surface area contributed by atoms with Gasteiger partial charge < -0.3 is 10.1 Å². The summed E-state index contributed by atoms with van der Waals surface area (Å²) < 4.78 is 60.5. The second-order valence-electron chi connectivity index (χ2n) is 6.45. The molecule has 0 saturated carbocycles. The number of carbonyl (C=O) groups is 2. The molecular weight excluding hydrogens is 416 g/mol. The molecule has 3 aromatic carbocycles. The largest absolute Gasteiger partial charge is 0.496 e. The second-order valence-corrected chi connectivity index (χ2v) is 6.45. The second kappa shape index (κ2) is 8.86. The molecule has 2 N–H and O–H groups in total. The lowest BCUT2D eigenvalue weighted by Crippen LogP contribution is -2.36. The highest BCUT2D eigenvalue weighted by Gasteiger charge is 2.28. The van der Waals surface area contributed by atoms with Gasteiger partial charge in [0, 0.05) is 22.9 Å². The van der Waals surface area contributed by atoms with Crippen LogP contribution in [0.4, 0.5) is 28.0 Å². The average molecular weight is 432 g/mol. The van der Waals surface area contributed by atoms with Gasteiger partial charge in [-0.05, 0) is 24.6 Å². The summed E-state index contributed by atoms with van der Waals surface area (Å²) in [6.45, 7) is 0.817. The van der Waals surface area contributed by atoms with Crippen molar-refractivity contribution in [1.29, 1.82) is 0 Å². The van der Waals surface area contributed by atoms with Crippen molar-refractivity contribution in [1.82, 2.24) is 5.32 Å². The zero-order valence-electron chi connectivity index (χ0n) is 16.4. The molecule has 5 nitrogen and oxygen atoms in total. The fourth-order valence-corrected chi connectivity index (χ4v) is 2.89. The molecule has 9 heteroatoms. The molecule has 0 aliphatic rings. The molecule has 0 unspecified atom stereocenters. The van der Waals surface area contributed by atoms with Gasteiger partial charge in [0.15, 0.2) is 23.3 Å². The summed E-state index contributed by atoms with van der Waals surface area (Å²) in [5, 5.41) is 3.93. The summed E-state index contributed by atoms with van der Waals surface area (Å²) in [6.07, 6.45) is 0. The molecule has 31 heavy (non-hydrogen) atoms. The monoisotopic (exact) mass is 432 g/mol. The molecule has 0 atom stereocenters. The first-order valence-electron chi connectivity index (χ1n) is 8.93. The van der Waals surface area contributed by atoms with E-state index in [2.05, 4.69) is 5.32 Å². The zero-order valence-corrected chi connectivity index (χ0v) is 16.4. The molecule has 0 spiro atoms. The molecule has 160 valence electrons. The number of imide groups is 1. The van der Waals surface area contributed by atoms with Crippen LogP contribution in [0.15, 0.2) is 48.5 Å². The van der Waals surface area contributed by atoms with E-state index >= 15 is 0 Å². The van der Waals surface area contributed by atoms with Gasteiger partial charge >= 0.3 is 6.03 Å². The molecule has 0 fully saturated rings. The SMILES string of the molecule is COc1cc(NC(=O)NC(=O)c2c(F)c(F)c(C)c(F)c2F)ccc1-c1ccccc1. The first-order valence-corrected chi connectivity index (χ1v) is 8.93. The van der Waals surface area contributed by atoms with Crippen LogP contribution in [0.5, 0.6) is 5.75 Å². The summed E-state index contributed by atoms with van der Waals surface area (Å²) in [7, 11) is 1.43. The Bertz CT molecular complexity index is 1140. The molecule has 0 bridgehead atoms. The van der Waals surface area contributed by atoms with Gasteiger partial charge in [0.05, 0.1) is 7.11 Å². The van der Waals surface area contributed by atoms with Crippen molar-refractivity contribution in [3.05, 3.63) is 82.9 Å². The predicted molar refractivity (Wildman–Crippen MR) is 106 cm³/mol. The number of urea groups is 1. The van der Waals surface area contributed by atoms with Gasteiger partial charge in [-0.15, -0.1) is 0 Å². The quantitative estimate of drug-likeness (QED) is 0.441. The van der Waals surface area contributed by atoms with E-state index < -0.39 is 46.3 Å². The first kappa shape index (κ1) is 21.8. The summed E-state index contributed by atoms with van der Waals surface area (Å²) in [6, 6.07) is 12.7. The summed E-state index contributed by atoms with van der Waals surface area (Å²) in [5.41, 5.74) is -0.654. The number of methoxy groups -OCH3 is 1. The molecule has 3 amide bonds. The van der Waals surface area contributed by atoms with Gasteiger partial charge in [-0.25, -0.2) is 22.4 Å². The Morgan fingerprint density at radius 2 is 1.48 bits per heavy atom. The molecule has 3 aromatic rings. The maximum Gasteiger partial charge on any atom is 0.326 e. The highest BCUT2D eigenvalue weighted by Crippen LogP contribution is 2.32. The van der Waals surface area contributed by atoms with Gasteiger partial charge in [-0.2, -0.15) is 0 Å². The van der Waals surface area contributed by atoms with Crippen molar-refractivity contribution in [2.45, 2.75) is 6.92 Å². The molecule has 0 radical (unpaired) electrons. The number of hydrogen-bond donors (Lipinski definition) is 2. The summed E-state index contributed by atoms with van der Waals surface area (Å²) in [4.78, 5) is 24.1. The highest BCUT2D eigenvalue weighted by atomic mass is 19.2. The standard InChI is InChI=1S/C22H16F4N2O3/c1-11-17(23)19(25)16(20(26)18(11)24)21(29)28-22(30)27-13-8-9-14(15(10-13)31-2)12-6-4-3-5-7-12/h3-10H,1-2H3,(H2,27,28,29,30). The Morgan fingerprint density at radius 3 is 2.06 bits per heavy atom. The predicted octanol–water partition coefficient (Wildman–Crippen LogP) is 5.19. The number of ether oxygens (including phenoxy) is 1. The molecule has 0 heterocycles. The van der Waals surface area contributed by atoms with E-state index in [9.17, 15) is 27.2 Å². The zero-order chi connectivity index (χ0) is 22.7. The molecular formula is C22H16F4N2O3. The van der Waals surface area contributed by atoms with Crippen molar-refractivity contribution in [2.75, 3.05) is 12.4 Å². The van der Waals surface area contributed by atoms with E-state index in [1.54, 1.807) is 11.4 Å². The van der Waals surface area contributed by atoms with Crippen LogP contribution in [0.1, 0.15) is 15.9 Å². The number of halogens is 4. The Kier molecular flexibility index (Phi) is 6.24. The van der Waals surface area contributed by atoms with Crippen molar-refractivity contribution in [3.8, 4) is 16.9 Å². The van der Waals surface area contributed by atoms with Crippen LogP contribution in [0.3, 0.4) is 0 Å². The topological polar surface area (TPSA) is 67.4 Å². The lowest BCUT2D eigenvalue weighted by atomic mass is 10.0. The third kappa shape index (κ3) is 4.35. The lowest BCUT2D eigenvalue weighted by molar-refractivity contribution is 0.0956. The number of hydrogen-bond acceptors (Lipinski definition) is 3. The molecule has 0 saturated heterocycles. The third-order valence-corrected chi connectivity index (χ3v) is 4.48. The summed E-state index contributed by atoms with van der Waals surface area (Å²) in [5.74, 6) is -8.45. The maximum absolute atomic E-state index is 13.9. The van der Waals surface area contributed by atoms with E-state index in [0.717, 1.165) is 18.1 Å². The van der Waals surface area contributed by atoms with Gasteiger partial charge in [0.2, 0.25) is 0 Å². The summed E-state index contributed by atoms with van der Waals surface area (Å²) >= 11 is 0. The van der Waals surface area contributed by atoms with Crippen LogP contribution in [0, 0.1) is 30.2 Å². The van der Waals surface area contributed by atoms with Crippen molar-refractivity contribution in [2.24, 2.45) is 0 Å². The minimum Gasteiger partial charge on any atom is -0.496 e. The van der Waals surface area contributed by atoms with Gasteiger partial charge in [-0.1, -0.05) is 30.3 Å². The fourth-order valence-electron chi connectivity index (χ4n) is 2.89. The number of benzene rings is 3. The van der Waals surface area contributed by atoms with Crippen LogP contribution in [-0.2, 0) is 0 Å². The number of nitrogens with one attached hydrogen (secondary N) is 2. The average Bonchev–Trinajstić information content (AvgIpc) is 2.76. The normalized spacial score (nSPS) is 10.5. The number of rotatable bonds is 4. The van der Waals surface area contributed by atoms with Gasteiger partial charge in [0.25, 0.3) is 5.91 Å². The fraction of sp³-hybridized carbons (Fsp3) is 0.0909. The molecule has 0 aliphatic carbocycles. The lowest BCUT2D eigenvalue weighted by Gasteiger charge is -2.13. The third-order valence-electron chi connectivity index (χ3n) is 4.48. The molecule has 3 rings (SSSR count). The Labute approximate surface area is 174 Å². The van der Waals surface area contributed by atoms with Gasteiger partial charge in [-0.3, -0.25) is 10.1 Å². The van der Waals surface area contributed by atoms with Crippen LogP contribution in [0.2, 0.25) is 0 Å². The van der Waals surface area contributed by atoms with E-state index in [1.165, 1.54) is 19.2 Å². The van der Waals surface area contributed by atoms with Crippen LogP contribution < -0.4 is 15.4 Å². The minimum absolute atomic E-state index is 0.198. The molecule has 0 aromatic heterocycles. The van der Waals surface area contributed by atoms with E-state index in [1.807, 2.05) is 30.3 Å². The van der Waals surface area contributed by atoms with Crippen LogP contribution >= 0.6 is 0 Å². The van der Waals surface area contributed by atoms with Crippen molar-refractivity contribution in [3.63, 3.8) is 0 Å². The Hall–Kier alpha value is -3.88. The van der Waals surface area contributed by atoms with Crippen LogP contribution in [0.25, 0.3) is 11.1 Å². The number of carbonyl (C=O) groups excluding carboxylic acids is 2. The Balaban J connectivity index is 1.80. The smallest absolute Gasteiger partial charge is 0.326 e. The number of amides is 3. The minimum atomic E-state index is -1.89. The van der Waals surface area contributed by atoms with Crippen LogP contribution in [-0.4, -0.2) is 19.0 Å². The highest BCUT2D eigenvalue weighted by molar-refractivity contribution is 6.08. The first-order chi connectivity index (χ1) is 14.7. The van der Waals surface area contributed by atoms with Crippen molar-refractivity contribution < 1.29 is 31.9 Å². The Morgan fingerprint density at radius 1 is 0.871 bits per heavy atom. The van der Waals surface area contributed by atoms with E-state index in [4.69, 9.17) is 4.74 Å².